The number of halogens is 3. The van der Waals surface area contributed by atoms with Crippen molar-refractivity contribution in [3.05, 3.63) is 36.0 Å². The second-order valence-electron chi connectivity index (χ2n) is 5.98. The molecule has 0 radical (unpaired) electrons. The molecule has 0 fully saturated rings. The summed E-state index contributed by atoms with van der Waals surface area (Å²) in [6, 6.07) is 8.03. The number of nitrogens with one attached hydrogen (secondary N) is 1. The molecule has 2 rings (SSSR count). The predicted octanol–water partition coefficient (Wildman–Crippen LogP) is 3.19. The zero-order valence-corrected chi connectivity index (χ0v) is 16.6. The van der Waals surface area contributed by atoms with Gasteiger partial charge in [0, 0.05) is 45.1 Å². The summed E-state index contributed by atoms with van der Waals surface area (Å²) < 4.78 is 38.8. The number of aromatic nitrogens is 1. The van der Waals surface area contributed by atoms with Gasteiger partial charge in [0.05, 0.1) is 5.56 Å². The quantitative estimate of drug-likeness (QED) is 0.645. The fraction of sp³-hybridized carbons (Fsp3) is 0.474. The number of hydrogen-bond donors (Lipinski definition) is 2. The number of ether oxygens (including phenoxy) is 1. The van der Waals surface area contributed by atoms with E-state index in [-0.39, 0.29) is 5.91 Å². The molecule has 29 heavy (non-hydrogen) atoms. The lowest BCUT2D eigenvalue weighted by atomic mass is 10.2. The van der Waals surface area contributed by atoms with Crippen molar-refractivity contribution in [2.75, 3.05) is 38.3 Å². The van der Waals surface area contributed by atoms with E-state index in [1.807, 2.05) is 18.3 Å². The molecule has 0 saturated carbocycles. The van der Waals surface area contributed by atoms with Crippen molar-refractivity contribution < 1.29 is 32.6 Å². The van der Waals surface area contributed by atoms with Crippen molar-refractivity contribution in [3.8, 4) is 0 Å². The smallest absolute Gasteiger partial charge is 0.475 e. The van der Waals surface area contributed by atoms with E-state index in [0.717, 1.165) is 30.8 Å². The van der Waals surface area contributed by atoms with E-state index in [0.29, 0.717) is 18.7 Å². The van der Waals surface area contributed by atoms with Crippen LogP contribution in [0, 0.1) is 0 Å². The highest BCUT2D eigenvalue weighted by molar-refractivity contribution is 5.94. The average Bonchev–Trinajstić information content (AvgIpc) is 3.09. The summed E-state index contributed by atoms with van der Waals surface area (Å²) in [5.41, 5.74) is 1.77. The third-order valence-corrected chi connectivity index (χ3v) is 4.03. The molecule has 2 aromatic heterocycles. The van der Waals surface area contributed by atoms with Gasteiger partial charge in [0.25, 0.3) is 5.91 Å². The first kappa shape index (κ1) is 24.3. The van der Waals surface area contributed by atoms with Crippen LogP contribution in [0.15, 0.2) is 30.5 Å². The van der Waals surface area contributed by atoms with Crippen LogP contribution < -0.4 is 10.2 Å². The summed E-state index contributed by atoms with van der Waals surface area (Å²) in [7, 11) is 1.66. The summed E-state index contributed by atoms with van der Waals surface area (Å²) >= 11 is 0. The molecule has 0 unspecified atom stereocenters. The Bertz CT molecular complexity index is 802. The second-order valence-corrected chi connectivity index (χ2v) is 5.98. The number of anilines is 1. The van der Waals surface area contributed by atoms with Crippen molar-refractivity contribution in [1.29, 1.82) is 0 Å². The maximum atomic E-state index is 12.2. The van der Waals surface area contributed by atoms with Crippen LogP contribution >= 0.6 is 0 Å². The van der Waals surface area contributed by atoms with E-state index in [2.05, 4.69) is 40.6 Å². The number of carbonyl (C=O) groups excluding carboxylic acids is 1. The zero-order chi connectivity index (χ0) is 22.0. The van der Waals surface area contributed by atoms with Gasteiger partial charge in [-0.05, 0) is 44.5 Å². The number of aliphatic carboxylic acids is 1. The van der Waals surface area contributed by atoms with Gasteiger partial charge >= 0.3 is 12.1 Å². The lowest BCUT2D eigenvalue weighted by Crippen LogP contribution is -2.26. The Morgan fingerprint density at radius 3 is 2.28 bits per heavy atom. The van der Waals surface area contributed by atoms with Crippen molar-refractivity contribution >= 4 is 23.2 Å². The van der Waals surface area contributed by atoms with E-state index < -0.39 is 12.1 Å². The van der Waals surface area contributed by atoms with Crippen LogP contribution in [0.5, 0.6) is 0 Å². The average molecular weight is 417 g/mol. The molecule has 2 aromatic rings. The number of carboxylic acids is 1. The summed E-state index contributed by atoms with van der Waals surface area (Å²) in [5, 5.41) is 10.0. The number of nitrogens with zero attached hydrogens (tertiary/aromatic N) is 2. The third-order valence-electron chi connectivity index (χ3n) is 4.03. The van der Waals surface area contributed by atoms with Gasteiger partial charge in [-0.1, -0.05) is 0 Å². The second kappa shape index (κ2) is 11.3. The number of amides is 1. The van der Waals surface area contributed by atoms with Gasteiger partial charge in [-0.2, -0.15) is 13.2 Å². The number of carbonyl (C=O) groups is 2. The minimum atomic E-state index is -5.08. The van der Waals surface area contributed by atoms with Crippen molar-refractivity contribution in [3.63, 3.8) is 0 Å². The lowest BCUT2D eigenvalue weighted by Gasteiger charge is -2.20. The Balaban J connectivity index is 0.000000516. The van der Waals surface area contributed by atoms with Gasteiger partial charge in [0.15, 0.2) is 0 Å². The molecule has 0 aliphatic heterocycles. The Labute approximate surface area is 167 Å². The number of pyridine rings is 1. The normalized spacial score (nSPS) is 11.0. The largest absolute Gasteiger partial charge is 0.490 e. The van der Waals surface area contributed by atoms with Crippen LogP contribution in [-0.2, 0) is 9.53 Å². The van der Waals surface area contributed by atoms with Crippen LogP contribution in [0.1, 0.15) is 30.6 Å². The van der Waals surface area contributed by atoms with Gasteiger partial charge in [-0.25, -0.2) is 4.79 Å². The first-order valence-corrected chi connectivity index (χ1v) is 9.09. The molecule has 2 N–H and O–H groups in total. The Kier molecular flexibility index (Phi) is 9.46. The fourth-order valence-electron chi connectivity index (χ4n) is 2.55. The minimum Gasteiger partial charge on any atom is -0.475 e. The number of alkyl halides is 3. The van der Waals surface area contributed by atoms with E-state index in [4.69, 9.17) is 14.6 Å². The molecule has 0 aliphatic rings. The highest BCUT2D eigenvalue weighted by atomic mass is 19.4. The Morgan fingerprint density at radius 2 is 1.76 bits per heavy atom. The van der Waals surface area contributed by atoms with Gasteiger partial charge in [-0.15, -0.1) is 0 Å². The predicted molar refractivity (Wildman–Crippen MR) is 103 cm³/mol. The number of methoxy groups -OCH3 is 1. The van der Waals surface area contributed by atoms with Crippen LogP contribution in [0.25, 0.3) is 5.52 Å². The molecule has 162 valence electrons. The maximum Gasteiger partial charge on any atom is 0.490 e. The Hall–Kier alpha value is -2.75. The van der Waals surface area contributed by atoms with Crippen molar-refractivity contribution in [2.24, 2.45) is 0 Å². The summed E-state index contributed by atoms with van der Waals surface area (Å²) in [4.78, 5) is 23.4. The summed E-state index contributed by atoms with van der Waals surface area (Å²) in [6.07, 6.45) is -2.35. The molecule has 0 spiro atoms. The van der Waals surface area contributed by atoms with Crippen LogP contribution in [-0.4, -0.2) is 60.9 Å². The molecule has 1 amide bonds. The van der Waals surface area contributed by atoms with Crippen molar-refractivity contribution in [2.45, 2.75) is 26.4 Å². The number of fused-ring (bicyclic) bond motifs is 1. The number of rotatable bonds is 8. The Morgan fingerprint density at radius 1 is 1.17 bits per heavy atom. The highest BCUT2D eigenvalue weighted by Gasteiger charge is 2.38. The SMILES string of the molecule is CCN(CC)c1ccc2ccc(C(=O)NCCCOC)cn12.O=C(O)C(F)(F)F. The molecule has 0 atom stereocenters. The molecular formula is C19H26F3N3O4. The zero-order valence-electron chi connectivity index (χ0n) is 16.6. The van der Waals surface area contributed by atoms with Gasteiger partial charge in [0.2, 0.25) is 0 Å². The maximum absolute atomic E-state index is 12.2. The highest BCUT2D eigenvalue weighted by Crippen LogP contribution is 2.20. The third kappa shape index (κ3) is 7.30. The molecular weight excluding hydrogens is 391 g/mol. The monoisotopic (exact) mass is 417 g/mol. The van der Waals surface area contributed by atoms with Gasteiger partial charge < -0.3 is 24.5 Å². The molecule has 2 heterocycles. The van der Waals surface area contributed by atoms with Crippen LogP contribution in [0.2, 0.25) is 0 Å². The lowest BCUT2D eigenvalue weighted by molar-refractivity contribution is -0.192. The molecule has 0 aliphatic carbocycles. The fourth-order valence-corrected chi connectivity index (χ4v) is 2.55. The number of hydrogen-bond acceptors (Lipinski definition) is 4. The first-order chi connectivity index (χ1) is 13.6. The van der Waals surface area contributed by atoms with Crippen LogP contribution in [0.3, 0.4) is 0 Å². The van der Waals surface area contributed by atoms with E-state index in [1.165, 1.54) is 0 Å². The topological polar surface area (TPSA) is 83.3 Å². The standard InChI is InChI=1S/C17H25N3O2.C2HF3O2/c1-4-19(5-2)16-10-9-15-8-7-14(13-20(15)16)17(21)18-11-6-12-22-3;3-2(4,5)1(6)7/h7-10,13H,4-6,11-12H2,1-3H3,(H,18,21);(H,6,7). The first-order valence-electron chi connectivity index (χ1n) is 9.09. The summed E-state index contributed by atoms with van der Waals surface area (Å²) in [6.45, 7) is 7.43. The van der Waals surface area contributed by atoms with E-state index in [1.54, 1.807) is 7.11 Å². The van der Waals surface area contributed by atoms with Crippen LogP contribution in [0.4, 0.5) is 19.0 Å². The number of carboxylic acid groups (broad SMARTS) is 1. The molecule has 0 saturated heterocycles. The van der Waals surface area contributed by atoms with Crippen molar-refractivity contribution in [1.82, 2.24) is 9.72 Å². The molecule has 0 bridgehead atoms. The van der Waals surface area contributed by atoms with Gasteiger partial charge in [-0.3, -0.25) is 4.79 Å². The molecule has 7 nitrogen and oxygen atoms in total. The minimum absolute atomic E-state index is 0.0443. The van der Waals surface area contributed by atoms with Gasteiger partial charge in [0.1, 0.15) is 5.82 Å². The summed E-state index contributed by atoms with van der Waals surface area (Å²) in [5.74, 6) is -1.68. The van der Waals surface area contributed by atoms with E-state index >= 15 is 0 Å². The van der Waals surface area contributed by atoms with E-state index in [9.17, 15) is 18.0 Å². The molecule has 10 heteroatoms. The molecule has 0 aromatic carbocycles.